The second-order valence-corrected chi connectivity index (χ2v) is 5.71. The zero-order chi connectivity index (χ0) is 17.5. The van der Waals surface area contributed by atoms with Crippen molar-refractivity contribution >= 4 is 18.0 Å². The summed E-state index contributed by atoms with van der Waals surface area (Å²) in [6.45, 7) is 1.98. The minimum Gasteiger partial charge on any atom is -0.444 e. The summed E-state index contributed by atoms with van der Waals surface area (Å²) >= 11 is 0. The fraction of sp³-hybridized carbons (Fsp3) is 0.200. The van der Waals surface area contributed by atoms with Gasteiger partial charge in [-0.25, -0.2) is 4.79 Å². The van der Waals surface area contributed by atoms with Crippen molar-refractivity contribution in [3.63, 3.8) is 0 Å². The number of carbonyl (C=O) groups is 2. The molecule has 24 heavy (non-hydrogen) atoms. The Balaban J connectivity index is 2.14. The molecule has 1 amide bonds. The Morgan fingerprint density at radius 2 is 1.75 bits per heavy atom. The summed E-state index contributed by atoms with van der Waals surface area (Å²) in [5.74, 6) is -0.834. The number of benzene rings is 2. The van der Waals surface area contributed by atoms with Crippen LogP contribution in [0.25, 0.3) is 6.08 Å². The Bertz CT molecular complexity index is 736. The highest BCUT2D eigenvalue weighted by atomic mass is 16.5. The Kier molecular flexibility index (Phi) is 5.90. The van der Waals surface area contributed by atoms with Gasteiger partial charge in [-0.3, -0.25) is 4.79 Å². The molecule has 0 aliphatic heterocycles. The maximum absolute atomic E-state index is 12.3. The SMILES string of the molecule is Cc1cccc(/C=C/C(=O)O[C@@H](C(=O)N(C)C)c2ccccc2)c1. The molecule has 2 rings (SSSR count). The molecule has 4 heteroatoms. The molecule has 4 nitrogen and oxygen atoms in total. The molecule has 0 saturated carbocycles. The molecule has 2 aromatic carbocycles. The first kappa shape index (κ1) is 17.5. The summed E-state index contributed by atoms with van der Waals surface area (Å²) < 4.78 is 5.39. The third kappa shape index (κ3) is 4.81. The van der Waals surface area contributed by atoms with Crippen molar-refractivity contribution in [1.29, 1.82) is 0 Å². The van der Waals surface area contributed by atoms with Gasteiger partial charge in [0.25, 0.3) is 5.91 Å². The van der Waals surface area contributed by atoms with Crippen LogP contribution in [-0.2, 0) is 14.3 Å². The van der Waals surface area contributed by atoms with Crippen LogP contribution in [0.3, 0.4) is 0 Å². The summed E-state index contributed by atoms with van der Waals surface area (Å²) in [7, 11) is 3.27. The predicted molar refractivity (Wildman–Crippen MR) is 94.2 cm³/mol. The van der Waals surface area contributed by atoms with E-state index in [1.165, 1.54) is 11.0 Å². The van der Waals surface area contributed by atoms with E-state index in [0.717, 1.165) is 11.1 Å². The van der Waals surface area contributed by atoms with Gasteiger partial charge >= 0.3 is 5.97 Å². The van der Waals surface area contributed by atoms with Gasteiger partial charge in [0, 0.05) is 25.7 Å². The smallest absolute Gasteiger partial charge is 0.331 e. The van der Waals surface area contributed by atoms with E-state index in [9.17, 15) is 9.59 Å². The molecular weight excluding hydrogens is 302 g/mol. The van der Waals surface area contributed by atoms with Gasteiger partial charge in [-0.1, -0.05) is 60.2 Å². The number of amides is 1. The van der Waals surface area contributed by atoms with Crippen LogP contribution in [0.2, 0.25) is 0 Å². The number of ether oxygens (including phenoxy) is 1. The summed E-state index contributed by atoms with van der Waals surface area (Å²) in [6, 6.07) is 16.8. The molecule has 0 aromatic heterocycles. The summed E-state index contributed by atoms with van der Waals surface area (Å²) in [5.41, 5.74) is 2.66. The number of nitrogens with zero attached hydrogens (tertiary/aromatic N) is 1. The lowest BCUT2D eigenvalue weighted by atomic mass is 10.1. The van der Waals surface area contributed by atoms with Crippen LogP contribution >= 0.6 is 0 Å². The van der Waals surface area contributed by atoms with E-state index in [1.54, 1.807) is 32.3 Å². The quantitative estimate of drug-likeness (QED) is 0.626. The fourth-order valence-electron chi connectivity index (χ4n) is 2.22. The number of rotatable bonds is 5. The molecule has 0 aliphatic carbocycles. The number of carbonyl (C=O) groups excluding carboxylic acids is 2. The van der Waals surface area contributed by atoms with Crippen molar-refractivity contribution in [3.05, 3.63) is 77.4 Å². The van der Waals surface area contributed by atoms with Crippen LogP contribution in [0.5, 0.6) is 0 Å². The summed E-state index contributed by atoms with van der Waals surface area (Å²) in [6.07, 6.45) is 2.07. The molecule has 0 saturated heterocycles. The van der Waals surface area contributed by atoms with Crippen LogP contribution in [0.15, 0.2) is 60.7 Å². The first-order chi connectivity index (χ1) is 11.5. The standard InChI is InChI=1S/C20H21NO3/c1-15-8-7-9-16(14-15)12-13-18(22)24-19(20(23)21(2)3)17-10-5-4-6-11-17/h4-14,19H,1-3H3/b13-12+/t19-/m1/s1. The van der Waals surface area contributed by atoms with Crippen molar-refractivity contribution in [2.45, 2.75) is 13.0 Å². The first-order valence-corrected chi connectivity index (χ1v) is 7.69. The molecule has 0 radical (unpaired) electrons. The minimum atomic E-state index is -0.948. The van der Waals surface area contributed by atoms with Crippen molar-refractivity contribution < 1.29 is 14.3 Å². The molecule has 0 unspecified atom stereocenters. The van der Waals surface area contributed by atoms with Gasteiger partial charge in [0.05, 0.1) is 0 Å². The molecular formula is C20H21NO3. The zero-order valence-corrected chi connectivity index (χ0v) is 14.1. The Hall–Kier alpha value is -2.88. The Morgan fingerprint density at radius 1 is 1.04 bits per heavy atom. The number of hydrogen-bond acceptors (Lipinski definition) is 3. The molecule has 0 fully saturated rings. The predicted octanol–water partition coefficient (Wildman–Crippen LogP) is 3.38. The number of esters is 1. The molecule has 0 aliphatic rings. The largest absolute Gasteiger partial charge is 0.444 e. The third-order valence-electron chi connectivity index (χ3n) is 3.46. The third-order valence-corrected chi connectivity index (χ3v) is 3.46. The van der Waals surface area contributed by atoms with E-state index in [0.29, 0.717) is 5.56 Å². The molecule has 2 aromatic rings. The summed E-state index contributed by atoms with van der Waals surface area (Å²) in [5, 5.41) is 0. The lowest BCUT2D eigenvalue weighted by molar-refractivity contribution is -0.155. The van der Waals surface area contributed by atoms with E-state index in [2.05, 4.69) is 0 Å². The van der Waals surface area contributed by atoms with Crippen LogP contribution in [0.4, 0.5) is 0 Å². The van der Waals surface area contributed by atoms with Crippen LogP contribution in [-0.4, -0.2) is 30.9 Å². The van der Waals surface area contributed by atoms with Crippen molar-refractivity contribution in [1.82, 2.24) is 4.90 Å². The van der Waals surface area contributed by atoms with Crippen molar-refractivity contribution in [2.75, 3.05) is 14.1 Å². The zero-order valence-electron chi connectivity index (χ0n) is 14.1. The van der Waals surface area contributed by atoms with Gasteiger partial charge in [0.1, 0.15) is 0 Å². The number of likely N-dealkylation sites (N-methyl/N-ethyl adjacent to an activating group) is 1. The second kappa shape index (κ2) is 8.11. The monoisotopic (exact) mass is 323 g/mol. The Morgan fingerprint density at radius 3 is 2.38 bits per heavy atom. The first-order valence-electron chi connectivity index (χ1n) is 7.69. The summed E-state index contributed by atoms with van der Waals surface area (Å²) in [4.78, 5) is 25.9. The molecule has 1 atom stereocenters. The average Bonchev–Trinajstić information content (AvgIpc) is 2.58. The molecule has 0 N–H and O–H groups in total. The van der Waals surface area contributed by atoms with Gasteiger partial charge < -0.3 is 9.64 Å². The van der Waals surface area contributed by atoms with Crippen molar-refractivity contribution in [3.8, 4) is 0 Å². The highest BCUT2D eigenvalue weighted by Crippen LogP contribution is 2.20. The molecule has 0 heterocycles. The average molecular weight is 323 g/mol. The number of hydrogen-bond donors (Lipinski definition) is 0. The number of aryl methyl sites for hydroxylation is 1. The van der Waals surface area contributed by atoms with Crippen LogP contribution < -0.4 is 0 Å². The van der Waals surface area contributed by atoms with Gasteiger partial charge in [-0.15, -0.1) is 0 Å². The van der Waals surface area contributed by atoms with Gasteiger partial charge in [0.2, 0.25) is 6.10 Å². The van der Waals surface area contributed by atoms with Crippen molar-refractivity contribution in [2.24, 2.45) is 0 Å². The normalized spacial score (nSPS) is 12.0. The minimum absolute atomic E-state index is 0.279. The highest BCUT2D eigenvalue weighted by molar-refractivity contribution is 5.90. The lowest BCUT2D eigenvalue weighted by Gasteiger charge is -2.20. The van der Waals surface area contributed by atoms with E-state index in [1.807, 2.05) is 49.4 Å². The van der Waals surface area contributed by atoms with Gasteiger partial charge in [0.15, 0.2) is 0 Å². The van der Waals surface area contributed by atoms with Crippen LogP contribution in [0, 0.1) is 6.92 Å². The van der Waals surface area contributed by atoms with Gasteiger partial charge in [-0.05, 0) is 18.6 Å². The maximum atomic E-state index is 12.3. The van der Waals surface area contributed by atoms with E-state index < -0.39 is 12.1 Å². The molecule has 0 spiro atoms. The highest BCUT2D eigenvalue weighted by Gasteiger charge is 2.25. The molecule has 0 bridgehead atoms. The van der Waals surface area contributed by atoms with Crippen LogP contribution in [0.1, 0.15) is 22.8 Å². The van der Waals surface area contributed by atoms with E-state index in [-0.39, 0.29) is 5.91 Å². The Labute approximate surface area is 142 Å². The van der Waals surface area contributed by atoms with E-state index >= 15 is 0 Å². The molecule has 124 valence electrons. The van der Waals surface area contributed by atoms with E-state index in [4.69, 9.17) is 4.74 Å². The fourth-order valence-corrected chi connectivity index (χ4v) is 2.22. The lowest BCUT2D eigenvalue weighted by Crippen LogP contribution is -2.30. The van der Waals surface area contributed by atoms with Gasteiger partial charge in [-0.2, -0.15) is 0 Å². The maximum Gasteiger partial charge on any atom is 0.331 e. The second-order valence-electron chi connectivity index (χ2n) is 5.71. The topological polar surface area (TPSA) is 46.6 Å².